The molecule has 1 fully saturated rings. The standard InChI is InChI=1S/C14H21NO2/c1-9-4-10(2)12(11(3)5-9)6-15-7-13(16)14(17)8-15/h4-5,13-14,16-17H,6-8H2,1-3H3/t13-,14+. The van der Waals surface area contributed by atoms with E-state index >= 15 is 0 Å². The quantitative estimate of drug-likeness (QED) is 0.808. The number of rotatable bonds is 2. The normalized spacial score (nSPS) is 25.5. The van der Waals surface area contributed by atoms with E-state index in [2.05, 4.69) is 37.8 Å². The molecule has 3 heteroatoms. The van der Waals surface area contributed by atoms with Crippen molar-refractivity contribution in [2.75, 3.05) is 13.1 Å². The molecule has 2 rings (SSSR count). The van der Waals surface area contributed by atoms with Crippen molar-refractivity contribution in [3.63, 3.8) is 0 Å². The van der Waals surface area contributed by atoms with Crippen molar-refractivity contribution in [1.82, 2.24) is 4.90 Å². The van der Waals surface area contributed by atoms with Gasteiger partial charge in [0.1, 0.15) is 0 Å². The van der Waals surface area contributed by atoms with Crippen LogP contribution in [0.2, 0.25) is 0 Å². The van der Waals surface area contributed by atoms with Crippen LogP contribution in [0.4, 0.5) is 0 Å². The summed E-state index contributed by atoms with van der Waals surface area (Å²) in [5, 5.41) is 19.1. The summed E-state index contributed by atoms with van der Waals surface area (Å²) in [5.41, 5.74) is 5.18. The zero-order valence-electron chi connectivity index (χ0n) is 10.8. The van der Waals surface area contributed by atoms with Crippen LogP contribution in [-0.2, 0) is 6.54 Å². The third-order valence-corrected chi connectivity index (χ3v) is 3.56. The number of β-amino-alcohol motifs (C(OH)–C–C–N with tert-alkyl or cyclic N) is 2. The van der Waals surface area contributed by atoms with Crippen LogP contribution in [0.1, 0.15) is 22.3 Å². The third-order valence-electron chi connectivity index (χ3n) is 3.56. The van der Waals surface area contributed by atoms with E-state index in [1.807, 2.05) is 0 Å². The smallest absolute Gasteiger partial charge is 0.0938 e. The molecule has 0 unspecified atom stereocenters. The first-order chi connectivity index (χ1) is 7.97. The molecule has 1 aliphatic rings. The summed E-state index contributed by atoms with van der Waals surface area (Å²) in [7, 11) is 0. The third kappa shape index (κ3) is 2.68. The van der Waals surface area contributed by atoms with Gasteiger partial charge in [0.2, 0.25) is 0 Å². The molecular weight excluding hydrogens is 214 g/mol. The van der Waals surface area contributed by atoms with Crippen LogP contribution in [0.3, 0.4) is 0 Å². The summed E-state index contributed by atoms with van der Waals surface area (Å²) >= 11 is 0. The number of hydrogen-bond acceptors (Lipinski definition) is 3. The maximum absolute atomic E-state index is 9.54. The van der Waals surface area contributed by atoms with E-state index in [-0.39, 0.29) is 0 Å². The van der Waals surface area contributed by atoms with Crippen molar-refractivity contribution in [2.45, 2.75) is 39.5 Å². The number of aliphatic hydroxyl groups is 2. The summed E-state index contributed by atoms with van der Waals surface area (Å²) < 4.78 is 0. The van der Waals surface area contributed by atoms with E-state index in [1.54, 1.807) is 0 Å². The van der Waals surface area contributed by atoms with E-state index in [1.165, 1.54) is 22.3 Å². The van der Waals surface area contributed by atoms with Crippen molar-refractivity contribution < 1.29 is 10.2 Å². The van der Waals surface area contributed by atoms with Gasteiger partial charge < -0.3 is 10.2 Å². The van der Waals surface area contributed by atoms with Crippen molar-refractivity contribution in [3.05, 3.63) is 34.4 Å². The van der Waals surface area contributed by atoms with Gasteiger partial charge in [0.05, 0.1) is 12.2 Å². The molecule has 17 heavy (non-hydrogen) atoms. The highest BCUT2D eigenvalue weighted by Gasteiger charge is 2.29. The summed E-state index contributed by atoms with van der Waals surface area (Å²) in [6, 6.07) is 4.37. The van der Waals surface area contributed by atoms with Crippen LogP contribution in [0, 0.1) is 20.8 Å². The molecule has 0 saturated carbocycles. The number of benzene rings is 1. The SMILES string of the molecule is Cc1cc(C)c(CN2C[C@@H](O)[C@@H](O)C2)c(C)c1. The zero-order chi connectivity index (χ0) is 12.6. The molecule has 0 amide bonds. The topological polar surface area (TPSA) is 43.7 Å². The average Bonchev–Trinajstić information content (AvgIpc) is 2.52. The molecule has 0 aliphatic carbocycles. The Bertz CT molecular complexity index is 384. The van der Waals surface area contributed by atoms with E-state index in [0.717, 1.165) is 6.54 Å². The molecule has 1 aromatic rings. The van der Waals surface area contributed by atoms with Crippen molar-refractivity contribution >= 4 is 0 Å². The minimum Gasteiger partial charge on any atom is -0.389 e. The second-order valence-corrected chi connectivity index (χ2v) is 5.21. The van der Waals surface area contributed by atoms with Gasteiger partial charge in [-0.1, -0.05) is 17.7 Å². The molecule has 1 aliphatic heterocycles. The van der Waals surface area contributed by atoms with Crippen molar-refractivity contribution in [1.29, 1.82) is 0 Å². The molecule has 0 aromatic heterocycles. The fourth-order valence-electron chi connectivity index (χ4n) is 2.66. The molecular formula is C14H21NO2. The summed E-state index contributed by atoms with van der Waals surface area (Å²) in [6.07, 6.45) is -1.19. The van der Waals surface area contributed by atoms with Crippen LogP contribution in [0.5, 0.6) is 0 Å². The molecule has 2 atom stereocenters. The maximum atomic E-state index is 9.54. The van der Waals surface area contributed by atoms with Gasteiger partial charge in [0.15, 0.2) is 0 Å². The van der Waals surface area contributed by atoms with E-state index in [9.17, 15) is 10.2 Å². The Kier molecular flexibility index (Phi) is 3.52. The lowest BCUT2D eigenvalue weighted by atomic mass is 9.99. The first-order valence-electron chi connectivity index (χ1n) is 6.12. The van der Waals surface area contributed by atoms with Crippen LogP contribution in [-0.4, -0.2) is 40.4 Å². The second kappa shape index (κ2) is 4.77. The summed E-state index contributed by atoms with van der Waals surface area (Å²) in [6.45, 7) is 8.29. The van der Waals surface area contributed by atoms with Gasteiger partial charge in [-0.05, 0) is 37.5 Å². The van der Waals surface area contributed by atoms with E-state index in [0.29, 0.717) is 13.1 Å². The van der Waals surface area contributed by atoms with E-state index < -0.39 is 12.2 Å². The number of aryl methyl sites for hydroxylation is 3. The molecule has 1 aromatic carbocycles. The van der Waals surface area contributed by atoms with Gasteiger partial charge in [-0.2, -0.15) is 0 Å². The summed E-state index contributed by atoms with van der Waals surface area (Å²) in [4.78, 5) is 2.11. The number of aliphatic hydroxyl groups excluding tert-OH is 2. The van der Waals surface area contributed by atoms with Gasteiger partial charge in [0.25, 0.3) is 0 Å². The van der Waals surface area contributed by atoms with Gasteiger partial charge >= 0.3 is 0 Å². The van der Waals surface area contributed by atoms with Crippen LogP contribution in [0.15, 0.2) is 12.1 Å². The lowest BCUT2D eigenvalue weighted by Crippen LogP contribution is -2.22. The number of nitrogens with zero attached hydrogens (tertiary/aromatic N) is 1. The Morgan fingerprint density at radius 1 is 1.06 bits per heavy atom. The lowest BCUT2D eigenvalue weighted by Gasteiger charge is -2.19. The minimum atomic E-state index is -0.596. The number of hydrogen-bond donors (Lipinski definition) is 2. The Morgan fingerprint density at radius 2 is 1.53 bits per heavy atom. The van der Waals surface area contributed by atoms with Crippen LogP contribution >= 0.6 is 0 Å². The second-order valence-electron chi connectivity index (χ2n) is 5.21. The highest BCUT2D eigenvalue weighted by Crippen LogP contribution is 2.21. The van der Waals surface area contributed by atoms with Gasteiger partial charge in [-0.3, -0.25) is 4.90 Å². The Hall–Kier alpha value is -0.900. The molecule has 0 spiro atoms. The number of likely N-dealkylation sites (tertiary alicyclic amines) is 1. The average molecular weight is 235 g/mol. The molecule has 3 nitrogen and oxygen atoms in total. The van der Waals surface area contributed by atoms with Gasteiger partial charge in [0, 0.05) is 19.6 Å². The molecule has 0 bridgehead atoms. The predicted molar refractivity (Wildman–Crippen MR) is 67.9 cm³/mol. The monoisotopic (exact) mass is 235 g/mol. The van der Waals surface area contributed by atoms with Gasteiger partial charge in [-0.25, -0.2) is 0 Å². The van der Waals surface area contributed by atoms with Crippen molar-refractivity contribution in [3.8, 4) is 0 Å². The summed E-state index contributed by atoms with van der Waals surface area (Å²) in [5.74, 6) is 0. The molecule has 1 saturated heterocycles. The fourth-order valence-corrected chi connectivity index (χ4v) is 2.66. The van der Waals surface area contributed by atoms with Crippen molar-refractivity contribution in [2.24, 2.45) is 0 Å². The van der Waals surface area contributed by atoms with E-state index in [4.69, 9.17) is 0 Å². The minimum absolute atomic E-state index is 0.563. The molecule has 94 valence electrons. The Labute approximate surface area is 103 Å². The molecule has 2 N–H and O–H groups in total. The highest BCUT2D eigenvalue weighted by molar-refractivity contribution is 5.37. The van der Waals surface area contributed by atoms with Gasteiger partial charge in [-0.15, -0.1) is 0 Å². The predicted octanol–water partition coefficient (Wildman–Crippen LogP) is 1.15. The fraction of sp³-hybridized carbons (Fsp3) is 0.571. The van der Waals surface area contributed by atoms with Crippen LogP contribution in [0.25, 0.3) is 0 Å². The Balaban J connectivity index is 2.14. The first-order valence-corrected chi connectivity index (χ1v) is 6.12. The van der Waals surface area contributed by atoms with Crippen LogP contribution < -0.4 is 0 Å². The maximum Gasteiger partial charge on any atom is 0.0938 e. The Morgan fingerprint density at radius 3 is 2.00 bits per heavy atom. The molecule has 1 heterocycles. The lowest BCUT2D eigenvalue weighted by molar-refractivity contribution is 0.0572. The highest BCUT2D eigenvalue weighted by atomic mass is 16.3. The zero-order valence-corrected chi connectivity index (χ0v) is 10.8. The molecule has 0 radical (unpaired) electrons. The first kappa shape index (κ1) is 12.6. The largest absolute Gasteiger partial charge is 0.389 e.